The molecule has 2 nitrogen and oxygen atoms in total. The molecule has 0 spiro atoms. The van der Waals surface area contributed by atoms with E-state index in [1.165, 1.54) is 21.5 Å². The third-order valence-corrected chi connectivity index (χ3v) is 3.69. The van der Waals surface area contributed by atoms with Gasteiger partial charge in [-0.15, -0.1) is 59.0 Å². The predicted octanol–water partition coefficient (Wildman–Crippen LogP) is 6.83. The van der Waals surface area contributed by atoms with Gasteiger partial charge in [-0.25, -0.2) is 0 Å². The van der Waals surface area contributed by atoms with E-state index >= 15 is 0 Å². The third-order valence-electron chi connectivity index (χ3n) is 3.69. The van der Waals surface area contributed by atoms with Crippen LogP contribution in [-0.4, -0.2) is 14.2 Å². The molecule has 4 aromatic rings. The monoisotopic (exact) mass is 438 g/mol. The van der Waals surface area contributed by atoms with Gasteiger partial charge in [-0.3, -0.25) is 0 Å². The van der Waals surface area contributed by atoms with E-state index in [0.717, 1.165) is 11.5 Å². The molecule has 0 saturated carbocycles. The van der Waals surface area contributed by atoms with Gasteiger partial charge in [0.25, 0.3) is 0 Å². The van der Waals surface area contributed by atoms with Crippen molar-refractivity contribution < 1.29 is 35.7 Å². The quantitative estimate of drug-likeness (QED) is 0.252. The Hall–Kier alpha value is -2.12. The smallest absolute Gasteiger partial charge is 0.498 e. The largest absolute Gasteiger partial charge is 4.00 e. The van der Waals surface area contributed by atoms with Gasteiger partial charge in [0.05, 0.1) is 25.7 Å². The van der Waals surface area contributed by atoms with Gasteiger partial charge in [0.15, 0.2) is 0 Å². The Morgan fingerprint density at radius 3 is 1.37 bits per heavy atom. The normalized spacial score (nSPS) is 8.52. The van der Waals surface area contributed by atoms with E-state index in [2.05, 4.69) is 49.6 Å². The fraction of sp³-hybridized carbons (Fsp3) is 0.0833. The van der Waals surface area contributed by atoms with Crippen LogP contribution in [0.4, 0.5) is 0 Å². The molecule has 0 aromatic heterocycles. The third kappa shape index (κ3) is 7.19. The van der Waals surface area contributed by atoms with E-state index in [4.69, 9.17) is 9.47 Å². The topological polar surface area (TPSA) is 18.5 Å². The summed E-state index contributed by atoms with van der Waals surface area (Å²) in [7, 11) is 3.37. The van der Waals surface area contributed by atoms with Crippen molar-refractivity contribution in [1.29, 1.82) is 0 Å². The summed E-state index contributed by atoms with van der Waals surface area (Å²) in [6.07, 6.45) is 0. The zero-order chi connectivity index (χ0) is 17.4. The first kappa shape index (κ1) is 27.1. The number of hydrogen-bond donors (Lipinski definition) is 0. The Morgan fingerprint density at radius 1 is 0.667 bits per heavy atom. The summed E-state index contributed by atoms with van der Waals surface area (Å²) in [5, 5.41) is 5.02. The molecule has 0 atom stereocenters. The van der Waals surface area contributed by atoms with Crippen molar-refractivity contribution in [2.24, 2.45) is 0 Å². The van der Waals surface area contributed by atoms with Crippen LogP contribution < -0.4 is 9.47 Å². The molecule has 4 aromatic carbocycles. The summed E-state index contributed by atoms with van der Waals surface area (Å²) in [5.41, 5.74) is 0. The average Bonchev–Trinajstić information content (AvgIpc) is 3.31. The molecular formula is C24H28O2Zr. The molecule has 140 valence electrons. The number of rotatable bonds is 2. The summed E-state index contributed by atoms with van der Waals surface area (Å²) in [6.45, 7) is 6.00. The zero-order valence-electron chi connectivity index (χ0n) is 16.7. The molecule has 0 aliphatic heterocycles. The van der Waals surface area contributed by atoms with Gasteiger partial charge in [0.1, 0.15) is 0 Å². The summed E-state index contributed by atoms with van der Waals surface area (Å²) in [4.78, 5) is 0. The van der Waals surface area contributed by atoms with Crippen LogP contribution >= 0.6 is 0 Å². The van der Waals surface area contributed by atoms with Crippen molar-refractivity contribution in [3.05, 3.63) is 101 Å². The molecule has 4 rings (SSSR count). The maximum atomic E-state index is 5.09. The molecule has 0 saturated heterocycles. The van der Waals surface area contributed by atoms with Crippen LogP contribution in [0.25, 0.3) is 21.5 Å². The second kappa shape index (κ2) is 14.0. The summed E-state index contributed by atoms with van der Waals surface area (Å²) >= 11 is 0. The molecule has 0 radical (unpaired) electrons. The van der Waals surface area contributed by atoms with Crippen molar-refractivity contribution in [1.82, 2.24) is 0 Å². The SMILES string of the molecule is C=C.COc1ccc2[cH-]ccc2c1.COc1ccc2[cH-]ccc2c1.[CH3-].[CH3-].[Zr+4]. The van der Waals surface area contributed by atoms with Crippen LogP contribution in [0.2, 0.25) is 0 Å². The standard InChI is InChI=1S/2C10H9O.C2H4.2CH3.Zr/c2*1-11-10-6-5-8-3-2-4-9(8)7-10;1-2;;;/h2*2-7H,1H3;1-2H2;2*1H3;/q2*-1;;2*-1;+4. The molecular weight excluding hydrogens is 411 g/mol. The molecule has 0 amide bonds. The van der Waals surface area contributed by atoms with E-state index in [9.17, 15) is 0 Å². The van der Waals surface area contributed by atoms with E-state index in [-0.39, 0.29) is 41.1 Å². The maximum Gasteiger partial charge on any atom is 4.00 e. The Labute approximate surface area is 183 Å². The van der Waals surface area contributed by atoms with Gasteiger partial charge in [0, 0.05) is 0 Å². The predicted molar refractivity (Wildman–Crippen MR) is 116 cm³/mol. The molecule has 0 bridgehead atoms. The van der Waals surface area contributed by atoms with Crippen LogP contribution in [0.3, 0.4) is 0 Å². The summed E-state index contributed by atoms with van der Waals surface area (Å²) < 4.78 is 10.2. The number of benzene rings is 2. The number of fused-ring (bicyclic) bond motifs is 2. The van der Waals surface area contributed by atoms with Crippen molar-refractivity contribution >= 4 is 21.5 Å². The van der Waals surface area contributed by atoms with Gasteiger partial charge < -0.3 is 24.3 Å². The number of hydrogen-bond acceptors (Lipinski definition) is 2. The fourth-order valence-electron chi connectivity index (χ4n) is 2.46. The number of ether oxygens (including phenoxy) is 2. The molecule has 3 heteroatoms. The van der Waals surface area contributed by atoms with Crippen molar-refractivity contribution in [3.63, 3.8) is 0 Å². The van der Waals surface area contributed by atoms with Crippen molar-refractivity contribution in [2.75, 3.05) is 14.2 Å². The first-order chi connectivity index (χ1) is 11.8. The molecule has 0 heterocycles. The molecule has 0 aliphatic rings. The van der Waals surface area contributed by atoms with E-state index < -0.39 is 0 Å². The van der Waals surface area contributed by atoms with Crippen molar-refractivity contribution in [3.8, 4) is 11.5 Å². The first-order valence-corrected chi connectivity index (χ1v) is 7.69. The van der Waals surface area contributed by atoms with E-state index in [0.29, 0.717) is 0 Å². The average molecular weight is 440 g/mol. The Morgan fingerprint density at radius 2 is 1.04 bits per heavy atom. The minimum absolute atomic E-state index is 0. The van der Waals surface area contributed by atoms with Gasteiger partial charge in [-0.2, -0.15) is 24.3 Å². The van der Waals surface area contributed by atoms with Crippen LogP contribution in [0.15, 0.2) is 86.0 Å². The molecule has 27 heavy (non-hydrogen) atoms. The maximum absolute atomic E-state index is 5.09. The fourth-order valence-corrected chi connectivity index (χ4v) is 2.46. The Bertz CT molecular complexity index is 815. The van der Waals surface area contributed by atoms with E-state index in [1.54, 1.807) is 14.2 Å². The molecule has 0 aliphatic carbocycles. The van der Waals surface area contributed by atoms with Crippen LogP contribution in [0.5, 0.6) is 11.5 Å². The summed E-state index contributed by atoms with van der Waals surface area (Å²) in [6, 6.07) is 24.6. The zero-order valence-corrected chi connectivity index (χ0v) is 19.1. The van der Waals surface area contributed by atoms with Gasteiger partial charge >= 0.3 is 26.2 Å². The van der Waals surface area contributed by atoms with Gasteiger partial charge in [-0.1, -0.05) is 24.3 Å². The van der Waals surface area contributed by atoms with Gasteiger partial charge in [-0.05, 0) is 0 Å². The van der Waals surface area contributed by atoms with Crippen LogP contribution in [0.1, 0.15) is 0 Å². The van der Waals surface area contributed by atoms with Gasteiger partial charge in [0.2, 0.25) is 0 Å². The van der Waals surface area contributed by atoms with E-state index in [1.807, 2.05) is 36.4 Å². The molecule has 0 unspecified atom stereocenters. The Balaban J connectivity index is 0. The molecule has 0 fully saturated rings. The number of methoxy groups -OCH3 is 2. The van der Waals surface area contributed by atoms with Crippen LogP contribution in [0, 0.1) is 14.9 Å². The van der Waals surface area contributed by atoms with Crippen molar-refractivity contribution in [2.45, 2.75) is 0 Å². The molecule has 0 N–H and O–H groups in total. The second-order valence-electron chi connectivity index (χ2n) is 5.04. The first-order valence-electron chi connectivity index (χ1n) is 7.69. The minimum atomic E-state index is 0. The Kier molecular flexibility index (Phi) is 14.1. The minimum Gasteiger partial charge on any atom is -0.498 e. The van der Waals surface area contributed by atoms with Crippen LogP contribution in [-0.2, 0) is 26.2 Å². The second-order valence-corrected chi connectivity index (χ2v) is 5.04. The summed E-state index contributed by atoms with van der Waals surface area (Å²) in [5.74, 6) is 1.84.